The van der Waals surface area contributed by atoms with Crippen LogP contribution in [0.4, 0.5) is 26.3 Å². The van der Waals surface area contributed by atoms with Gasteiger partial charge in [0.2, 0.25) is 12.8 Å². The molecule has 0 unspecified atom stereocenters. The van der Waals surface area contributed by atoms with Gasteiger partial charge < -0.3 is 25.0 Å². The lowest BCUT2D eigenvalue weighted by atomic mass is 9.70. The van der Waals surface area contributed by atoms with Crippen LogP contribution in [0, 0.1) is 37.5 Å². The molecule has 2 aliphatic carbocycles. The summed E-state index contributed by atoms with van der Waals surface area (Å²) in [6, 6.07) is 4.99. The minimum absolute atomic E-state index is 0.0179. The number of rotatable bonds is 19. The highest BCUT2D eigenvalue weighted by Crippen LogP contribution is 2.41. The molecule has 14 heteroatoms. The number of carbonyl (C=O) groups excluding carboxylic acids is 2. The van der Waals surface area contributed by atoms with Gasteiger partial charge in [-0.1, -0.05) is 108 Å². The zero-order chi connectivity index (χ0) is 51.3. The fourth-order valence-corrected chi connectivity index (χ4v) is 7.38. The Bertz CT molecular complexity index is 1610. The van der Waals surface area contributed by atoms with E-state index in [-0.39, 0.29) is 52.3 Å². The van der Waals surface area contributed by atoms with Gasteiger partial charge in [0.05, 0.1) is 35.5 Å². The number of ether oxygens (including phenoxy) is 2. The van der Waals surface area contributed by atoms with Crippen molar-refractivity contribution in [1.82, 2.24) is 5.32 Å². The van der Waals surface area contributed by atoms with Crippen molar-refractivity contribution < 1.29 is 55.6 Å². The summed E-state index contributed by atoms with van der Waals surface area (Å²) in [7, 11) is 0. The summed E-state index contributed by atoms with van der Waals surface area (Å²) < 4.78 is 88.9. The topological polar surface area (TPSA) is 117 Å². The van der Waals surface area contributed by atoms with Gasteiger partial charge >= 0.3 is 12.4 Å². The third-order valence-corrected chi connectivity index (χ3v) is 10.9. The summed E-state index contributed by atoms with van der Waals surface area (Å²) >= 11 is 0. The molecule has 0 aliphatic heterocycles. The average molecular weight is 949 g/mol. The number of hydrogen-bond acceptors (Lipinski definition) is 6. The average Bonchev–Trinajstić information content (AvgIpc) is 3.21. The number of nitrogens with one attached hydrogen (secondary N) is 1. The molecule has 2 amide bonds. The minimum Gasteiger partial charge on any atom is -0.494 e. The van der Waals surface area contributed by atoms with E-state index < -0.39 is 23.5 Å². The number of alkyl halides is 6. The molecule has 66 heavy (non-hydrogen) atoms. The number of carbonyl (C=O) groups is 2. The van der Waals surface area contributed by atoms with Crippen LogP contribution in [0.2, 0.25) is 0 Å². The third kappa shape index (κ3) is 27.2. The maximum absolute atomic E-state index is 13.0. The number of unbranched alkanes of at least 4 members (excludes halogenated alkanes) is 2. The van der Waals surface area contributed by atoms with Crippen LogP contribution in [0.15, 0.2) is 29.3 Å². The molecule has 0 atom stereocenters. The Labute approximate surface area is 394 Å². The highest BCUT2D eigenvalue weighted by Gasteiger charge is 2.38. The SMILES string of the molecule is CC.CC.CCCCC1CC(C)(O)C1.CCCCC1CC(C)(O)C1.Cc1c(C=NC=O)cc(OCCC(C)C)cc1C(F)(F)F.Cc1c(CNC=O)cc(OCCC(C)C)cc1C(F)(F)F. The predicted octanol–water partition coefficient (Wildman–Crippen LogP) is 14.4. The van der Waals surface area contributed by atoms with Crippen molar-refractivity contribution in [2.24, 2.45) is 28.7 Å². The molecule has 2 saturated carbocycles. The van der Waals surface area contributed by atoms with E-state index in [4.69, 9.17) is 9.47 Å². The first kappa shape index (κ1) is 64.4. The van der Waals surface area contributed by atoms with E-state index in [1.807, 2.05) is 69.2 Å². The maximum atomic E-state index is 13.0. The standard InChI is InChI=1S/C15H20F3NO2.C15H18F3NO2.2C9H18O.2C2H6/c2*1-10(2)4-5-21-13-6-12(8-19-9-20)11(3)14(7-13)15(16,17)18;2*1-3-4-5-8-6-9(2,10)7-8;2*1-2/h6-7,9-10H,4-5,8H2,1-3H3,(H,19,20);6-10H,4-5H2,1-3H3;2*8,10H,3-7H2,1-2H3;2*1-2H3. The quantitative estimate of drug-likeness (QED) is 0.0733. The number of halogens is 6. The second kappa shape index (κ2) is 32.9. The van der Waals surface area contributed by atoms with Gasteiger partial charge in [0.25, 0.3) is 0 Å². The molecular weight excluding hydrogens is 863 g/mol. The second-order valence-corrected chi connectivity index (χ2v) is 18.2. The van der Waals surface area contributed by atoms with Gasteiger partial charge in [-0.05, 0) is 131 Å². The number of hydrogen-bond donors (Lipinski definition) is 3. The van der Waals surface area contributed by atoms with E-state index >= 15 is 0 Å². The Balaban J connectivity index is 0. The molecule has 0 spiro atoms. The molecule has 0 bridgehead atoms. The van der Waals surface area contributed by atoms with Gasteiger partial charge in [0.15, 0.2) is 0 Å². The van der Waals surface area contributed by atoms with Crippen LogP contribution in [-0.4, -0.2) is 53.7 Å². The van der Waals surface area contributed by atoms with Gasteiger partial charge in [0, 0.05) is 18.3 Å². The van der Waals surface area contributed by atoms with Gasteiger partial charge in [-0.2, -0.15) is 26.3 Å². The zero-order valence-electron chi connectivity index (χ0n) is 42.7. The molecule has 2 aliphatic rings. The van der Waals surface area contributed by atoms with Crippen molar-refractivity contribution in [3.8, 4) is 11.5 Å². The summed E-state index contributed by atoms with van der Waals surface area (Å²) in [5.74, 6) is 2.77. The number of aliphatic imine (C=N–C) groups is 1. The normalized spacial score (nSPS) is 19.6. The van der Waals surface area contributed by atoms with E-state index in [0.717, 1.165) is 68.7 Å². The Morgan fingerprint density at radius 3 is 1.44 bits per heavy atom. The number of aliphatic hydroxyl groups is 2. The van der Waals surface area contributed by atoms with Crippen LogP contribution in [-0.2, 0) is 28.5 Å². The Morgan fingerprint density at radius 2 is 1.11 bits per heavy atom. The molecule has 3 N–H and O–H groups in total. The lowest BCUT2D eigenvalue weighted by Gasteiger charge is -2.41. The van der Waals surface area contributed by atoms with Crippen LogP contribution in [0.1, 0.15) is 194 Å². The summed E-state index contributed by atoms with van der Waals surface area (Å²) in [5.41, 5.74) is -1.38. The maximum Gasteiger partial charge on any atom is 0.416 e. The first-order valence-electron chi connectivity index (χ1n) is 24.1. The second-order valence-electron chi connectivity index (χ2n) is 18.2. The molecule has 382 valence electrons. The monoisotopic (exact) mass is 949 g/mol. The van der Waals surface area contributed by atoms with Crippen LogP contribution in [0.5, 0.6) is 11.5 Å². The molecule has 2 aromatic rings. The molecule has 8 nitrogen and oxygen atoms in total. The summed E-state index contributed by atoms with van der Waals surface area (Å²) in [6.45, 7) is 27.8. The zero-order valence-corrected chi connectivity index (χ0v) is 42.7. The van der Waals surface area contributed by atoms with E-state index in [2.05, 4.69) is 24.2 Å². The Morgan fingerprint density at radius 1 is 0.712 bits per heavy atom. The van der Waals surface area contributed by atoms with E-state index in [1.54, 1.807) is 6.07 Å². The van der Waals surface area contributed by atoms with Crippen molar-refractivity contribution in [2.75, 3.05) is 13.2 Å². The molecule has 0 aromatic heterocycles. The Kier molecular flexibility index (Phi) is 32.2. The summed E-state index contributed by atoms with van der Waals surface area (Å²) in [5, 5.41) is 21.1. The smallest absolute Gasteiger partial charge is 0.416 e. The number of amides is 2. The first-order chi connectivity index (χ1) is 30.8. The van der Waals surface area contributed by atoms with Crippen molar-refractivity contribution in [3.05, 3.63) is 57.6 Å². The van der Waals surface area contributed by atoms with Crippen LogP contribution in [0.25, 0.3) is 0 Å². The van der Waals surface area contributed by atoms with Gasteiger partial charge in [0.1, 0.15) is 11.5 Å². The van der Waals surface area contributed by atoms with E-state index in [1.165, 1.54) is 58.4 Å². The summed E-state index contributed by atoms with van der Waals surface area (Å²) in [6.07, 6.45) is 6.45. The lowest BCUT2D eigenvalue weighted by Crippen LogP contribution is -2.40. The molecule has 2 aromatic carbocycles. The highest BCUT2D eigenvalue weighted by atomic mass is 19.4. The molecule has 0 radical (unpaired) electrons. The van der Waals surface area contributed by atoms with Crippen LogP contribution in [0.3, 0.4) is 0 Å². The van der Waals surface area contributed by atoms with Crippen molar-refractivity contribution >= 4 is 19.0 Å². The fourth-order valence-electron chi connectivity index (χ4n) is 7.38. The van der Waals surface area contributed by atoms with Gasteiger partial charge in [-0.3, -0.25) is 9.59 Å². The predicted molar refractivity (Wildman–Crippen MR) is 257 cm³/mol. The number of benzene rings is 2. The highest BCUT2D eigenvalue weighted by molar-refractivity contribution is 5.87. The van der Waals surface area contributed by atoms with Gasteiger partial charge in [-0.25, -0.2) is 4.99 Å². The fraction of sp³-hybridized carbons (Fsp3) is 0.712. The summed E-state index contributed by atoms with van der Waals surface area (Å²) in [4.78, 5) is 23.9. The molecular formula is C52H86F6N2O6. The number of nitrogens with zero attached hydrogens (tertiary/aromatic N) is 1. The van der Waals surface area contributed by atoms with Crippen molar-refractivity contribution in [1.29, 1.82) is 0 Å². The Hall–Kier alpha value is -3.65. The van der Waals surface area contributed by atoms with Crippen molar-refractivity contribution in [3.63, 3.8) is 0 Å². The molecule has 2 fully saturated rings. The molecule has 0 heterocycles. The lowest BCUT2D eigenvalue weighted by molar-refractivity contribution is -0.139. The van der Waals surface area contributed by atoms with Gasteiger partial charge in [-0.15, -0.1) is 0 Å². The van der Waals surface area contributed by atoms with Crippen LogP contribution < -0.4 is 14.8 Å². The van der Waals surface area contributed by atoms with Crippen LogP contribution >= 0.6 is 0 Å². The molecule has 0 saturated heterocycles. The van der Waals surface area contributed by atoms with Crippen molar-refractivity contribution in [2.45, 2.75) is 204 Å². The van der Waals surface area contributed by atoms with E-state index in [0.29, 0.717) is 37.0 Å². The first-order valence-corrected chi connectivity index (χ1v) is 24.1. The minimum atomic E-state index is -4.48. The van der Waals surface area contributed by atoms with E-state index in [9.17, 15) is 46.1 Å². The molecule has 4 rings (SSSR count). The largest absolute Gasteiger partial charge is 0.494 e. The third-order valence-electron chi connectivity index (χ3n) is 10.9.